The van der Waals surface area contributed by atoms with Gasteiger partial charge in [-0.05, 0) is 5.57 Å². The second-order valence-electron chi connectivity index (χ2n) is 6.65. The Morgan fingerprint density at radius 2 is 1.81 bits per heavy atom. The average Bonchev–Trinajstić information content (AvgIpc) is 2.99. The van der Waals surface area contributed by atoms with Crippen molar-refractivity contribution in [1.29, 1.82) is 0 Å². The number of hydrogen-bond acceptors (Lipinski definition) is 10. The van der Waals surface area contributed by atoms with Crippen LogP contribution in [0.5, 0.6) is 0 Å². The number of ether oxygens (including phenoxy) is 3. The minimum absolute atomic E-state index is 0.207. The summed E-state index contributed by atoms with van der Waals surface area (Å²) in [4.78, 5) is 11.4. The monoisotopic (exact) mass is 390 g/mol. The number of hydrogen-bond donors (Lipinski definition) is 7. The highest BCUT2D eigenvalue weighted by atomic mass is 16.7. The van der Waals surface area contributed by atoms with Crippen LogP contribution in [0.1, 0.15) is 0 Å². The van der Waals surface area contributed by atoms with Gasteiger partial charge in [-0.25, -0.2) is 4.79 Å². The highest BCUT2D eigenvalue weighted by Crippen LogP contribution is 2.44. The molecule has 2 aliphatic heterocycles. The summed E-state index contributed by atoms with van der Waals surface area (Å²) < 4.78 is 16.0. The van der Waals surface area contributed by atoms with Gasteiger partial charge in [-0.15, -0.1) is 0 Å². The highest BCUT2D eigenvalue weighted by molar-refractivity contribution is 5.87. The third-order valence-electron chi connectivity index (χ3n) is 5.11. The van der Waals surface area contributed by atoms with Crippen LogP contribution in [0.2, 0.25) is 0 Å². The first-order chi connectivity index (χ1) is 12.8. The number of aliphatic hydroxyl groups is 6. The molecule has 3 rings (SSSR count). The average molecular weight is 390 g/mol. The summed E-state index contributed by atoms with van der Waals surface area (Å²) in [5.74, 6) is -3.13. The van der Waals surface area contributed by atoms with E-state index in [0.29, 0.717) is 0 Å². The molecule has 0 aromatic carbocycles. The van der Waals surface area contributed by atoms with Crippen LogP contribution in [0.3, 0.4) is 0 Å². The zero-order chi connectivity index (χ0) is 19.9. The summed E-state index contributed by atoms with van der Waals surface area (Å²) in [5.41, 5.74) is 0.0818. The van der Waals surface area contributed by atoms with Gasteiger partial charge in [0.2, 0.25) is 6.29 Å². The molecule has 9 atom stereocenters. The largest absolute Gasteiger partial charge is 0.478 e. The van der Waals surface area contributed by atoms with E-state index in [0.717, 1.165) is 6.26 Å². The fourth-order valence-electron chi connectivity index (χ4n) is 3.76. The van der Waals surface area contributed by atoms with E-state index in [2.05, 4.69) is 0 Å². The van der Waals surface area contributed by atoms with Gasteiger partial charge in [0.05, 0.1) is 37.1 Å². The van der Waals surface area contributed by atoms with Crippen molar-refractivity contribution in [3.05, 3.63) is 23.5 Å². The quantitative estimate of drug-likeness (QED) is 0.233. The lowest BCUT2D eigenvalue weighted by Gasteiger charge is -2.43. The Balaban J connectivity index is 1.87. The molecule has 11 nitrogen and oxygen atoms in total. The van der Waals surface area contributed by atoms with Gasteiger partial charge in [0.1, 0.15) is 24.4 Å². The lowest BCUT2D eigenvalue weighted by molar-refractivity contribution is -0.319. The van der Waals surface area contributed by atoms with E-state index < -0.39 is 74.1 Å². The zero-order valence-electron chi connectivity index (χ0n) is 14.0. The minimum atomic E-state index is -1.73. The smallest absolute Gasteiger partial charge is 0.335 e. The van der Waals surface area contributed by atoms with Crippen molar-refractivity contribution >= 4 is 5.97 Å². The van der Waals surface area contributed by atoms with Gasteiger partial charge in [0.25, 0.3) is 0 Å². The van der Waals surface area contributed by atoms with Crippen molar-refractivity contribution in [3.63, 3.8) is 0 Å². The molecular formula is C16H22O11. The summed E-state index contributed by atoms with van der Waals surface area (Å²) in [5, 5.41) is 68.0. The molecule has 27 heavy (non-hydrogen) atoms. The van der Waals surface area contributed by atoms with Crippen LogP contribution in [-0.2, 0) is 19.0 Å². The number of carbonyl (C=O) groups is 1. The summed E-state index contributed by atoms with van der Waals surface area (Å²) in [6.07, 6.45) is -7.79. The zero-order valence-corrected chi connectivity index (χ0v) is 14.0. The van der Waals surface area contributed by atoms with E-state index in [1.54, 1.807) is 0 Å². The standard InChI is InChI=1S/C16H22O11/c17-2-5-1-7(19)10-6(14(22)23)4-25-16(9(5)10)27-13-8(3-18)26-15(24)12(21)11(13)20/h1,4,7-13,15-21,24H,2-3H2,(H,22,23)/t7-,8-,9+,10-,11-,12-,13-,15-,16-/m0/s1. The molecule has 0 bridgehead atoms. The van der Waals surface area contributed by atoms with Crippen LogP contribution in [-0.4, -0.2) is 98.0 Å². The fraction of sp³-hybridized carbons (Fsp3) is 0.688. The lowest BCUT2D eigenvalue weighted by Crippen LogP contribution is -2.61. The summed E-state index contributed by atoms with van der Waals surface area (Å²) >= 11 is 0. The molecular weight excluding hydrogens is 368 g/mol. The van der Waals surface area contributed by atoms with Crippen LogP contribution in [0.25, 0.3) is 0 Å². The molecule has 0 saturated carbocycles. The first kappa shape index (κ1) is 20.2. The topological polar surface area (TPSA) is 186 Å². The summed E-state index contributed by atoms with van der Waals surface area (Å²) in [6, 6.07) is 0. The van der Waals surface area contributed by atoms with Crippen LogP contribution < -0.4 is 0 Å². The molecule has 1 fully saturated rings. The molecule has 1 aliphatic carbocycles. The van der Waals surface area contributed by atoms with Crippen LogP contribution in [0.4, 0.5) is 0 Å². The number of aliphatic carboxylic acids is 1. The molecule has 0 spiro atoms. The van der Waals surface area contributed by atoms with E-state index in [1.165, 1.54) is 6.08 Å². The maximum absolute atomic E-state index is 11.4. The molecule has 152 valence electrons. The second kappa shape index (κ2) is 7.81. The molecule has 7 N–H and O–H groups in total. The van der Waals surface area contributed by atoms with Gasteiger partial charge < -0.3 is 50.0 Å². The molecule has 0 amide bonds. The Bertz CT molecular complexity index is 630. The number of aliphatic hydroxyl groups excluding tert-OH is 6. The van der Waals surface area contributed by atoms with Crippen molar-refractivity contribution in [2.45, 2.75) is 43.1 Å². The Morgan fingerprint density at radius 3 is 2.41 bits per heavy atom. The normalized spacial score (nSPS) is 44.1. The number of fused-ring (bicyclic) bond motifs is 1. The van der Waals surface area contributed by atoms with E-state index in [4.69, 9.17) is 14.2 Å². The van der Waals surface area contributed by atoms with E-state index >= 15 is 0 Å². The predicted octanol–water partition coefficient (Wildman–Crippen LogP) is -3.35. The molecule has 0 radical (unpaired) electrons. The third-order valence-corrected chi connectivity index (χ3v) is 5.11. The van der Waals surface area contributed by atoms with E-state index in [-0.39, 0.29) is 11.1 Å². The Morgan fingerprint density at radius 1 is 1.11 bits per heavy atom. The summed E-state index contributed by atoms with van der Waals surface area (Å²) in [7, 11) is 0. The summed E-state index contributed by atoms with van der Waals surface area (Å²) in [6.45, 7) is -1.13. The van der Waals surface area contributed by atoms with E-state index in [9.17, 15) is 40.5 Å². The van der Waals surface area contributed by atoms with Crippen LogP contribution in [0, 0.1) is 11.8 Å². The lowest BCUT2D eigenvalue weighted by atomic mass is 9.82. The molecule has 1 saturated heterocycles. The molecule has 0 aromatic rings. The Kier molecular flexibility index (Phi) is 5.84. The van der Waals surface area contributed by atoms with Gasteiger partial charge in [-0.2, -0.15) is 0 Å². The highest BCUT2D eigenvalue weighted by Gasteiger charge is 2.52. The molecule has 0 aromatic heterocycles. The van der Waals surface area contributed by atoms with Crippen molar-refractivity contribution in [2.75, 3.05) is 13.2 Å². The Hall–Kier alpha value is -1.57. The van der Waals surface area contributed by atoms with Gasteiger partial charge in [-0.1, -0.05) is 6.08 Å². The number of carboxylic acid groups (broad SMARTS) is 1. The van der Waals surface area contributed by atoms with E-state index in [1.807, 2.05) is 0 Å². The second-order valence-corrected chi connectivity index (χ2v) is 6.65. The SMILES string of the molecule is O=C(O)C1=CO[C@@H](O[C@@H]2[C@@H](O)[C@H](O)[C@@H](O)O[C@H]2CO)[C@@H]2C(CO)=C[C@H](O)[C@H]12. The number of rotatable bonds is 5. The first-order valence-electron chi connectivity index (χ1n) is 8.34. The van der Waals surface area contributed by atoms with Crippen molar-refractivity contribution in [2.24, 2.45) is 11.8 Å². The maximum Gasteiger partial charge on any atom is 0.335 e. The van der Waals surface area contributed by atoms with Crippen molar-refractivity contribution in [1.82, 2.24) is 0 Å². The van der Waals surface area contributed by atoms with Gasteiger partial charge in [-0.3, -0.25) is 0 Å². The number of carboxylic acids is 1. The fourth-order valence-corrected chi connectivity index (χ4v) is 3.76. The van der Waals surface area contributed by atoms with Crippen LogP contribution in [0.15, 0.2) is 23.5 Å². The Labute approximate surface area is 153 Å². The first-order valence-corrected chi connectivity index (χ1v) is 8.34. The maximum atomic E-state index is 11.4. The third kappa shape index (κ3) is 3.48. The molecule has 11 heteroatoms. The predicted molar refractivity (Wildman–Crippen MR) is 83.6 cm³/mol. The van der Waals surface area contributed by atoms with Gasteiger partial charge in [0, 0.05) is 5.92 Å². The molecule has 0 unspecified atom stereocenters. The van der Waals surface area contributed by atoms with Gasteiger partial charge >= 0.3 is 5.97 Å². The minimum Gasteiger partial charge on any atom is -0.478 e. The van der Waals surface area contributed by atoms with Crippen LogP contribution >= 0.6 is 0 Å². The van der Waals surface area contributed by atoms with Gasteiger partial charge in [0.15, 0.2) is 6.29 Å². The van der Waals surface area contributed by atoms with Crippen molar-refractivity contribution in [3.8, 4) is 0 Å². The van der Waals surface area contributed by atoms with Crippen molar-refractivity contribution < 1.29 is 54.8 Å². The molecule has 2 heterocycles. The molecule has 3 aliphatic rings.